The van der Waals surface area contributed by atoms with E-state index in [2.05, 4.69) is 20.3 Å². The van der Waals surface area contributed by atoms with Crippen molar-refractivity contribution in [1.29, 1.82) is 0 Å². The summed E-state index contributed by atoms with van der Waals surface area (Å²) in [4.78, 5) is 11.4. The van der Waals surface area contributed by atoms with Gasteiger partial charge < -0.3 is 20.1 Å². The second kappa shape index (κ2) is 5.18. The van der Waals surface area contributed by atoms with Crippen molar-refractivity contribution in [1.82, 2.24) is 15.0 Å². The Morgan fingerprint density at radius 3 is 3.00 bits per heavy atom. The number of para-hydroxylation sites is 1. The van der Waals surface area contributed by atoms with Gasteiger partial charge in [0.05, 0.1) is 24.8 Å². The van der Waals surface area contributed by atoms with Gasteiger partial charge in [0.2, 0.25) is 0 Å². The number of fused-ring (bicyclic) bond motifs is 1. The van der Waals surface area contributed by atoms with Gasteiger partial charge in [-0.3, -0.25) is 0 Å². The van der Waals surface area contributed by atoms with Crippen molar-refractivity contribution in [3.8, 4) is 5.75 Å². The topological polar surface area (TPSA) is 83.1 Å². The summed E-state index contributed by atoms with van der Waals surface area (Å²) in [7, 11) is 1.57. The summed E-state index contributed by atoms with van der Waals surface area (Å²) in [5, 5.41) is 13.5. The number of methoxy groups -OCH3 is 1. The molecule has 0 bridgehead atoms. The Labute approximate surface area is 115 Å². The molecule has 0 atom stereocenters. The third-order valence-corrected chi connectivity index (χ3v) is 3.08. The zero-order chi connectivity index (χ0) is 13.9. The van der Waals surface area contributed by atoms with E-state index < -0.39 is 0 Å². The molecule has 0 fully saturated rings. The molecule has 0 spiro atoms. The molecular formula is C14H14N4O2. The zero-order valence-electron chi connectivity index (χ0n) is 10.9. The molecule has 0 radical (unpaired) electrons. The lowest BCUT2D eigenvalue weighted by Crippen LogP contribution is -2.00. The maximum atomic E-state index is 9.34. The van der Waals surface area contributed by atoms with Crippen molar-refractivity contribution < 1.29 is 9.84 Å². The van der Waals surface area contributed by atoms with Crippen LogP contribution in [0.4, 0.5) is 11.5 Å². The molecule has 0 aliphatic heterocycles. The molecule has 3 rings (SSSR count). The predicted octanol–water partition coefficient (Wildman–Crippen LogP) is 2.20. The standard InChI is InChI=1S/C14H14N4O2/c1-20-12-9(7-19)3-2-4-11(12)18-14-10-5-6-15-13(10)16-8-17-14/h2-6,8,19H,7H2,1H3,(H2,15,16,17,18). The molecule has 2 aromatic heterocycles. The number of H-pyrrole nitrogens is 1. The van der Waals surface area contributed by atoms with Crippen molar-refractivity contribution in [2.24, 2.45) is 0 Å². The summed E-state index contributed by atoms with van der Waals surface area (Å²) >= 11 is 0. The quantitative estimate of drug-likeness (QED) is 0.677. The van der Waals surface area contributed by atoms with Crippen LogP contribution in [0.25, 0.3) is 11.0 Å². The van der Waals surface area contributed by atoms with Crippen LogP contribution >= 0.6 is 0 Å². The van der Waals surface area contributed by atoms with E-state index in [0.717, 1.165) is 22.3 Å². The summed E-state index contributed by atoms with van der Waals surface area (Å²) in [6.07, 6.45) is 3.30. The average molecular weight is 270 g/mol. The number of hydrogen-bond donors (Lipinski definition) is 3. The van der Waals surface area contributed by atoms with Crippen LogP contribution in [-0.4, -0.2) is 27.2 Å². The number of nitrogens with one attached hydrogen (secondary N) is 2. The van der Waals surface area contributed by atoms with Crippen molar-refractivity contribution in [2.75, 3.05) is 12.4 Å². The number of aromatic nitrogens is 3. The fourth-order valence-electron chi connectivity index (χ4n) is 2.15. The smallest absolute Gasteiger partial charge is 0.147 e. The normalized spacial score (nSPS) is 10.7. The van der Waals surface area contributed by atoms with E-state index in [1.165, 1.54) is 6.33 Å². The second-order valence-corrected chi connectivity index (χ2v) is 4.24. The number of nitrogens with zero attached hydrogens (tertiary/aromatic N) is 2. The molecule has 3 aromatic rings. The number of aliphatic hydroxyl groups is 1. The number of aliphatic hydroxyl groups excluding tert-OH is 1. The van der Waals surface area contributed by atoms with Gasteiger partial charge in [0.1, 0.15) is 23.5 Å². The molecular weight excluding hydrogens is 256 g/mol. The lowest BCUT2D eigenvalue weighted by molar-refractivity contribution is 0.274. The minimum atomic E-state index is -0.0813. The van der Waals surface area contributed by atoms with Gasteiger partial charge in [-0.25, -0.2) is 9.97 Å². The molecule has 20 heavy (non-hydrogen) atoms. The zero-order valence-corrected chi connectivity index (χ0v) is 10.9. The Kier molecular flexibility index (Phi) is 3.22. The van der Waals surface area contributed by atoms with Crippen LogP contribution in [0.3, 0.4) is 0 Å². The molecule has 0 aliphatic carbocycles. The fraction of sp³-hybridized carbons (Fsp3) is 0.143. The van der Waals surface area contributed by atoms with Crippen LogP contribution in [0.15, 0.2) is 36.8 Å². The number of aromatic amines is 1. The molecule has 0 aliphatic rings. The highest BCUT2D eigenvalue weighted by Crippen LogP contribution is 2.32. The van der Waals surface area contributed by atoms with Crippen molar-refractivity contribution in [3.05, 3.63) is 42.4 Å². The number of rotatable bonds is 4. The Hall–Kier alpha value is -2.60. The van der Waals surface area contributed by atoms with Crippen LogP contribution in [-0.2, 0) is 6.61 Å². The number of benzene rings is 1. The third-order valence-electron chi connectivity index (χ3n) is 3.08. The first-order valence-corrected chi connectivity index (χ1v) is 6.15. The minimum Gasteiger partial charge on any atom is -0.494 e. The van der Waals surface area contributed by atoms with Gasteiger partial charge in [-0.2, -0.15) is 0 Å². The summed E-state index contributed by atoms with van der Waals surface area (Å²) in [5.74, 6) is 1.29. The van der Waals surface area contributed by atoms with Gasteiger partial charge in [0.25, 0.3) is 0 Å². The van der Waals surface area contributed by atoms with E-state index >= 15 is 0 Å². The highest BCUT2D eigenvalue weighted by Gasteiger charge is 2.11. The van der Waals surface area contributed by atoms with Crippen molar-refractivity contribution in [3.63, 3.8) is 0 Å². The SMILES string of the molecule is COc1c(CO)cccc1Nc1ncnc2[nH]ccc12. The Balaban J connectivity index is 2.05. The molecule has 0 saturated heterocycles. The lowest BCUT2D eigenvalue weighted by Gasteiger charge is -2.13. The lowest BCUT2D eigenvalue weighted by atomic mass is 10.1. The highest BCUT2D eigenvalue weighted by molar-refractivity contribution is 5.89. The summed E-state index contributed by atoms with van der Waals surface area (Å²) in [6, 6.07) is 7.44. The molecule has 102 valence electrons. The van der Waals surface area contributed by atoms with Gasteiger partial charge >= 0.3 is 0 Å². The van der Waals surface area contributed by atoms with Crippen LogP contribution in [0, 0.1) is 0 Å². The third kappa shape index (κ3) is 2.06. The predicted molar refractivity (Wildman–Crippen MR) is 76.1 cm³/mol. The Bertz CT molecular complexity index is 739. The first-order valence-electron chi connectivity index (χ1n) is 6.15. The van der Waals surface area contributed by atoms with Crippen LogP contribution in [0.2, 0.25) is 0 Å². The van der Waals surface area contributed by atoms with Gasteiger partial charge in [-0.15, -0.1) is 0 Å². The highest BCUT2D eigenvalue weighted by atomic mass is 16.5. The van der Waals surface area contributed by atoms with Gasteiger partial charge in [-0.1, -0.05) is 12.1 Å². The first kappa shape index (κ1) is 12.4. The maximum Gasteiger partial charge on any atom is 0.147 e. The van der Waals surface area contributed by atoms with E-state index in [0.29, 0.717) is 11.6 Å². The molecule has 3 N–H and O–H groups in total. The van der Waals surface area contributed by atoms with Crippen molar-refractivity contribution in [2.45, 2.75) is 6.61 Å². The van der Waals surface area contributed by atoms with Crippen LogP contribution < -0.4 is 10.1 Å². The minimum absolute atomic E-state index is 0.0813. The van der Waals surface area contributed by atoms with Crippen molar-refractivity contribution >= 4 is 22.5 Å². The molecule has 6 heteroatoms. The van der Waals surface area contributed by atoms with Gasteiger partial charge in [0.15, 0.2) is 0 Å². The molecule has 0 saturated carbocycles. The Morgan fingerprint density at radius 1 is 1.30 bits per heavy atom. The van der Waals surface area contributed by atoms with Crippen LogP contribution in [0.1, 0.15) is 5.56 Å². The summed E-state index contributed by atoms with van der Waals surface area (Å²) in [5.41, 5.74) is 2.23. The number of hydrogen-bond acceptors (Lipinski definition) is 5. The average Bonchev–Trinajstić information content (AvgIpc) is 2.96. The molecule has 1 aromatic carbocycles. The molecule has 0 unspecified atom stereocenters. The van der Waals surface area contributed by atoms with E-state index in [1.807, 2.05) is 30.5 Å². The fourth-order valence-corrected chi connectivity index (χ4v) is 2.15. The Morgan fingerprint density at radius 2 is 2.20 bits per heavy atom. The maximum absolute atomic E-state index is 9.34. The summed E-state index contributed by atoms with van der Waals surface area (Å²) in [6.45, 7) is -0.0813. The summed E-state index contributed by atoms with van der Waals surface area (Å²) < 4.78 is 5.36. The van der Waals surface area contributed by atoms with Crippen LogP contribution in [0.5, 0.6) is 5.75 Å². The largest absolute Gasteiger partial charge is 0.494 e. The van der Waals surface area contributed by atoms with Gasteiger partial charge in [0, 0.05) is 11.8 Å². The number of anilines is 2. The second-order valence-electron chi connectivity index (χ2n) is 4.24. The molecule has 2 heterocycles. The van der Waals surface area contributed by atoms with E-state index in [4.69, 9.17) is 4.74 Å². The first-order chi connectivity index (χ1) is 9.83. The number of ether oxygens (including phenoxy) is 1. The van der Waals surface area contributed by atoms with Gasteiger partial charge in [-0.05, 0) is 12.1 Å². The van der Waals surface area contributed by atoms with E-state index in [1.54, 1.807) is 7.11 Å². The molecule has 0 amide bonds. The van der Waals surface area contributed by atoms with E-state index in [9.17, 15) is 5.11 Å². The monoisotopic (exact) mass is 270 g/mol. The molecule has 6 nitrogen and oxygen atoms in total. The van der Waals surface area contributed by atoms with E-state index in [-0.39, 0.29) is 6.61 Å².